The molecule has 1 heterocycles. The van der Waals surface area contributed by atoms with Crippen LogP contribution in [0.4, 0.5) is 4.39 Å². The van der Waals surface area contributed by atoms with Gasteiger partial charge in [0.25, 0.3) is 0 Å². The van der Waals surface area contributed by atoms with Gasteiger partial charge in [0.15, 0.2) is 5.17 Å². The molecule has 2 aliphatic rings. The average molecular weight is 313 g/mol. The molecule has 1 aromatic rings. The highest BCUT2D eigenvalue weighted by Crippen LogP contribution is 2.31. The second-order valence-corrected chi connectivity index (χ2v) is 6.89. The quantitative estimate of drug-likeness (QED) is 0.883. The first-order valence-electron chi connectivity index (χ1n) is 7.10. The second kappa shape index (κ2) is 6.35. The minimum absolute atomic E-state index is 0.166. The highest BCUT2D eigenvalue weighted by atomic mass is 35.5. The Bertz CT molecular complexity index is 521. The van der Waals surface area contributed by atoms with Crippen molar-refractivity contribution in [3.63, 3.8) is 0 Å². The zero-order chi connectivity index (χ0) is 13.9. The molecule has 2 unspecified atom stereocenters. The Morgan fingerprint density at radius 1 is 1.35 bits per heavy atom. The van der Waals surface area contributed by atoms with Gasteiger partial charge >= 0.3 is 0 Å². The Kier molecular flexibility index (Phi) is 4.51. The number of hydrogen-bond acceptors (Lipinski definition) is 2. The topological polar surface area (TPSA) is 24.4 Å². The fraction of sp³-hybridized carbons (Fsp3) is 0.533. The van der Waals surface area contributed by atoms with E-state index in [0.717, 1.165) is 16.6 Å². The molecule has 1 aliphatic carbocycles. The Balaban J connectivity index is 1.62. The fourth-order valence-electron chi connectivity index (χ4n) is 2.88. The molecule has 2 nitrogen and oxygen atoms in total. The monoisotopic (exact) mass is 312 g/mol. The van der Waals surface area contributed by atoms with Crippen LogP contribution in [0.25, 0.3) is 0 Å². The molecular formula is C15H18ClFN2S. The number of rotatable bonds is 2. The molecule has 108 valence electrons. The average Bonchev–Trinajstić information content (AvgIpc) is 2.48. The van der Waals surface area contributed by atoms with Crippen LogP contribution in [0.2, 0.25) is 5.02 Å². The van der Waals surface area contributed by atoms with Crippen molar-refractivity contribution in [1.29, 1.82) is 0 Å². The van der Waals surface area contributed by atoms with Gasteiger partial charge in [-0.25, -0.2) is 4.39 Å². The maximum Gasteiger partial charge on any atom is 0.157 e. The van der Waals surface area contributed by atoms with E-state index in [-0.39, 0.29) is 10.8 Å². The Hall–Kier alpha value is -0.740. The van der Waals surface area contributed by atoms with E-state index in [1.54, 1.807) is 12.1 Å². The van der Waals surface area contributed by atoms with Crippen molar-refractivity contribution in [2.24, 2.45) is 10.9 Å². The third-order valence-corrected chi connectivity index (χ3v) is 5.45. The van der Waals surface area contributed by atoms with Crippen molar-refractivity contribution >= 4 is 28.5 Å². The maximum atomic E-state index is 13.1. The highest BCUT2D eigenvalue weighted by Gasteiger charge is 2.30. The number of fused-ring (bicyclic) bond motifs is 1. The first kappa shape index (κ1) is 14.2. The molecule has 3 rings (SSSR count). The molecule has 0 amide bonds. The number of nitrogens with one attached hydrogen (secondary N) is 1. The number of amidine groups is 1. The first-order chi connectivity index (χ1) is 9.72. The molecule has 1 saturated carbocycles. The fourth-order valence-corrected chi connectivity index (χ4v) is 4.24. The van der Waals surface area contributed by atoms with Gasteiger partial charge in [-0.2, -0.15) is 0 Å². The number of aliphatic imine (C=N–C) groups is 1. The van der Waals surface area contributed by atoms with Crippen LogP contribution in [0.15, 0.2) is 23.2 Å². The normalized spacial score (nSPS) is 28.0. The Morgan fingerprint density at radius 3 is 3.05 bits per heavy atom. The van der Waals surface area contributed by atoms with E-state index in [1.165, 1.54) is 37.5 Å². The summed E-state index contributed by atoms with van der Waals surface area (Å²) in [5.41, 5.74) is 0.942. The Labute approximate surface area is 128 Å². The van der Waals surface area contributed by atoms with Crippen LogP contribution in [0.3, 0.4) is 0 Å². The zero-order valence-electron chi connectivity index (χ0n) is 11.2. The second-order valence-electron chi connectivity index (χ2n) is 5.48. The van der Waals surface area contributed by atoms with Gasteiger partial charge in [-0.3, -0.25) is 4.99 Å². The molecule has 5 heteroatoms. The minimum Gasteiger partial charge on any atom is -0.362 e. The lowest BCUT2D eigenvalue weighted by Crippen LogP contribution is -2.46. The lowest BCUT2D eigenvalue weighted by Gasteiger charge is -2.36. The van der Waals surface area contributed by atoms with Crippen LogP contribution in [0.5, 0.6) is 0 Å². The molecule has 0 radical (unpaired) electrons. The molecule has 20 heavy (non-hydrogen) atoms. The van der Waals surface area contributed by atoms with Crippen molar-refractivity contribution in [3.05, 3.63) is 34.6 Å². The number of halogens is 2. The molecule has 0 bridgehead atoms. The summed E-state index contributed by atoms with van der Waals surface area (Å²) in [4.78, 5) is 4.60. The van der Waals surface area contributed by atoms with Gasteiger partial charge in [-0.15, -0.1) is 0 Å². The SMILES string of the molecule is Fc1ccc(CN=C2NC3CCCCC3CS2)cc1Cl. The largest absolute Gasteiger partial charge is 0.362 e. The van der Waals surface area contributed by atoms with E-state index in [1.807, 2.05) is 11.8 Å². The molecule has 1 aromatic carbocycles. The summed E-state index contributed by atoms with van der Waals surface area (Å²) in [5, 5.41) is 4.75. The molecule has 1 saturated heterocycles. The summed E-state index contributed by atoms with van der Waals surface area (Å²) in [6.45, 7) is 0.548. The van der Waals surface area contributed by atoms with E-state index in [4.69, 9.17) is 11.6 Å². The molecule has 0 aromatic heterocycles. The maximum absolute atomic E-state index is 13.1. The third kappa shape index (κ3) is 3.29. The van der Waals surface area contributed by atoms with Crippen molar-refractivity contribution in [1.82, 2.24) is 5.32 Å². The van der Waals surface area contributed by atoms with Crippen LogP contribution < -0.4 is 5.32 Å². The minimum atomic E-state index is -0.377. The van der Waals surface area contributed by atoms with Crippen LogP contribution in [0, 0.1) is 11.7 Å². The van der Waals surface area contributed by atoms with E-state index in [0.29, 0.717) is 12.6 Å². The molecule has 2 atom stereocenters. The van der Waals surface area contributed by atoms with E-state index in [9.17, 15) is 4.39 Å². The standard InChI is InChI=1S/C15H18ClFN2S/c16-12-7-10(5-6-13(12)17)8-18-15-19-14-4-2-1-3-11(14)9-20-15/h5-7,11,14H,1-4,8-9H2,(H,18,19). The van der Waals surface area contributed by atoms with Crippen molar-refractivity contribution < 1.29 is 4.39 Å². The first-order valence-corrected chi connectivity index (χ1v) is 8.46. The van der Waals surface area contributed by atoms with Gasteiger partial charge in [0, 0.05) is 11.8 Å². The summed E-state index contributed by atoms with van der Waals surface area (Å²) in [6, 6.07) is 5.39. The van der Waals surface area contributed by atoms with Gasteiger partial charge in [0.05, 0.1) is 11.6 Å². The lowest BCUT2D eigenvalue weighted by atomic mass is 9.86. The van der Waals surface area contributed by atoms with E-state index < -0.39 is 0 Å². The summed E-state index contributed by atoms with van der Waals surface area (Å²) in [6.07, 6.45) is 5.28. The summed E-state index contributed by atoms with van der Waals surface area (Å²) in [7, 11) is 0. The summed E-state index contributed by atoms with van der Waals surface area (Å²) in [5.74, 6) is 1.59. The zero-order valence-corrected chi connectivity index (χ0v) is 12.8. The number of hydrogen-bond donors (Lipinski definition) is 1. The molecule has 1 aliphatic heterocycles. The third-order valence-electron chi connectivity index (χ3n) is 4.04. The van der Waals surface area contributed by atoms with Gasteiger partial charge in [-0.1, -0.05) is 42.3 Å². The summed E-state index contributed by atoms with van der Waals surface area (Å²) < 4.78 is 13.1. The van der Waals surface area contributed by atoms with Gasteiger partial charge < -0.3 is 5.32 Å². The number of nitrogens with zero attached hydrogens (tertiary/aromatic N) is 1. The predicted molar refractivity (Wildman–Crippen MR) is 83.9 cm³/mol. The molecule has 1 N–H and O–H groups in total. The van der Waals surface area contributed by atoms with E-state index >= 15 is 0 Å². The van der Waals surface area contributed by atoms with Gasteiger partial charge in [0.2, 0.25) is 0 Å². The molecule has 2 fully saturated rings. The highest BCUT2D eigenvalue weighted by molar-refractivity contribution is 8.13. The molecule has 0 spiro atoms. The number of benzene rings is 1. The van der Waals surface area contributed by atoms with Crippen molar-refractivity contribution in [3.8, 4) is 0 Å². The van der Waals surface area contributed by atoms with Crippen LogP contribution in [0.1, 0.15) is 31.2 Å². The van der Waals surface area contributed by atoms with Gasteiger partial charge in [-0.05, 0) is 36.5 Å². The van der Waals surface area contributed by atoms with Crippen molar-refractivity contribution in [2.75, 3.05) is 5.75 Å². The predicted octanol–water partition coefficient (Wildman–Crippen LogP) is 4.23. The lowest BCUT2D eigenvalue weighted by molar-refractivity contribution is 0.311. The van der Waals surface area contributed by atoms with Crippen LogP contribution in [-0.2, 0) is 6.54 Å². The van der Waals surface area contributed by atoms with E-state index in [2.05, 4.69) is 10.3 Å². The Morgan fingerprint density at radius 2 is 2.20 bits per heavy atom. The van der Waals surface area contributed by atoms with Crippen LogP contribution in [-0.4, -0.2) is 17.0 Å². The summed E-state index contributed by atoms with van der Waals surface area (Å²) >= 11 is 7.59. The van der Waals surface area contributed by atoms with Gasteiger partial charge in [0.1, 0.15) is 5.82 Å². The van der Waals surface area contributed by atoms with Crippen molar-refractivity contribution in [2.45, 2.75) is 38.3 Å². The number of thioether (sulfide) groups is 1. The molecular weight excluding hydrogens is 295 g/mol. The smallest absolute Gasteiger partial charge is 0.157 e. The van der Waals surface area contributed by atoms with Crippen LogP contribution >= 0.6 is 23.4 Å².